The number of fused-ring (bicyclic) bond motifs is 1. The van der Waals surface area contributed by atoms with E-state index in [-0.39, 0.29) is 24.0 Å². The summed E-state index contributed by atoms with van der Waals surface area (Å²) in [5.41, 5.74) is 0. The Balaban J connectivity index is 1.13. The average molecular weight is 498 g/mol. The molecule has 3 rings (SSSR count). The second-order valence-corrected chi connectivity index (χ2v) is 11.0. The maximum atomic E-state index is 12.1. The maximum Gasteiger partial charge on any atom is 0.315 e. The van der Waals surface area contributed by atoms with Crippen LogP contribution in [0.5, 0.6) is 0 Å². The Bertz CT molecular complexity index is 586. The van der Waals surface area contributed by atoms with Gasteiger partial charge < -0.3 is 36.8 Å². The van der Waals surface area contributed by atoms with Gasteiger partial charge in [-0.05, 0) is 32.2 Å². The van der Waals surface area contributed by atoms with Gasteiger partial charge in [0, 0.05) is 76.3 Å². The smallest absolute Gasteiger partial charge is 0.315 e. The van der Waals surface area contributed by atoms with Gasteiger partial charge in [0.1, 0.15) is 0 Å². The van der Waals surface area contributed by atoms with Gasteiger partial charge in [0.2, 0.25) is 5.91 Å². The van der Waals surface area contributed by atoms with Gasteiger partial charge in [0.25, 0.3) is 0 Å². The van der Waals surface area contributed by atoms with Crippen molar-refractivity contribution < 1.29 is 9.59 Å². The van der Waals surface area contributed by atoms with Crippen molar-refractivity contribution in [2.24, 2.45) is 0 Å². The number of thioether (sulfide) groups is 1. The van der Waals surface area contributed by atoms with E-state index < -0.39 is 0 Å². The third kappa shape index (κ3) is 10.7. The first-order chi connectivity index (χ1) is 16.7. The van der Waals surface area contributed by atoms with Crippen LogP contribution in [-0.4, -0.2) is 105 Å². The highest BCUT2D eigenvalue weighted by Crippen LogP contribution is 2.33. The second-order valence-electron chi connectivity index (χ2n) is 9.72. The van der Waals surface area contributed by atoms with E-state index in [1.807, 2.05) is 11.8 Å². The molecule has 3 aliphatic heterocycles. The molecule has 10 heteroatoms. The highest BCUT2D eigenvalue weighted by atomic mass is 32.2. The number of hydrogen-bond donors (Lipinski definition) is 6. The Morgan fingerprint density at radius 3 is 2.35 bits per heavy atom. The normalized spacial score (nSPS) is 26.7. The number of carbonyl (C=O) groups is 2. The minimum Gasteiger partial charge on any atom is -0.356 e. The van der Waals surface area contributed by atoms with Gasteiger partial charge in [-0.25, -0.2) is 4.79 Å². The predicted molar refractivity (Wildman–Crippen MR) is 140 cm³/mol. The lowest BCUT2D eigenvalue weighted by Crippen LogP contribution is -2.42. The van der Waals surface area contributed by atoms with Crippen LogP contribution >= 0.6 is 11.8 Å². The van der Waals surface area contributed by atoms with Crippen molar-refractivity contribution in [3.05, 3.63) is 0 Å². The number of hydrogen-bond acceptors (Lipinski definition) is 7. The molecule has 0 saturated carbocycles. The summed E-state index contributed by atoms with van der Waals surface area (Å²) in [6.07, 6.45) is 8.36. The third-order valence-corrected chi connectivity index (χ3v) is 8.48. The highest BCUT2D eigenvalue weighted by Gasteiger charge is 2.42. The Morgan fingerprint density at radius 1 is 0.882 bits per heavy atom. The van der Waals surface area contributed by atoms with Gasteiger partial charge in [-0.15, -0.1) is 0 Å². The molecular weight excluding hydrogens is 450 g/mol. The lowest BCUT2D eigenvalue weighted by atomic mass is 10.0. The van der Waals surface area contributed by atoms with Crippen molar-refractivity contribution in [1.29, 1.82) is 0 Å². The van der Waals surface area contributed by atoms with Crippen LogP contribution in [-0.2, 0) is 4.79 Å². The molecule has 0 radical (unpaired) electrons. The number of unbranched alkanes of at least 4 members (excludes halogenated alkanes) is 4. The molecule has 34 heavy (non-hydrogen) atoms. The number of carbonyl (C=O) groups excluding carboxylic acids is 2. The van der Waals surface area contributed by atoms with Crippen LogP contribution < -0.4 is 31.9 Å². The summed E-state index contributed by atoms with van der Waals surface area (Å²) in [4.78, 5) is 26.1. The van der Waals surface area contributed by atoms with E-state index in [2.05, 4.69) is 36.8 Å². The van der Waals surface area contributed by atoms with Crippen LogP contribution in [0.3, 0.4) is 0 Å². The molecule has 196 valence electrons. The zero-order valence-electron chi connectivity index (χ0n) is 20.8. The van der Waals surface area contributed by atoms with Crippen molar-refractivity contribution in [2.75, 3.05) is 71.2 Å². The molecule has 0 aromatic carbocycles. The lowest BCUT2D eigenvalue weighted by Gasteiger charge is -2.23. The van der Waals surface area contributed by atoms with E-state index in [1.54, 1.807) is 0 Å². The van der Waals surface area contributed by atoms with Crippen molar-refractivity contribution in [3.8, 4) is 0 Å². The van der Waals surface area contributed by atoms with Crippen molar-refractivity contribution >= 4 is 23.7 Å². The standard InChI is InChI=1S/C24H47N7O2S/c32-22(8-4-3-7-21-23-20(19-34-21)29-24(33)30-23)28-9-5-1-2-6-16-31-17-14-26-12-10-25-11-13-27-15-18-31/h20-21,23,25-27H,1-19H2,(H,28,32)(H2,29,30,33)/t20-,21-,23-/m0/s1. The quantitative estimate of drug-likeness (QED) is 0.172. The van der Waals surface area contributed by atoms with Gasteiger partial charge in [-0.1, -0.05) is 19.3 Å². The SMILES string of the molecule is O=C(CCCC[C@@H]1SC[C@@H]2NC(=O)N[C@@H]21)NCCCCCCN1CCNCCNCCNCC1. The Hall–Kier alpha value is -1.07. The van der Waals surface area contributed by atoms with Gasteiger partial charge in [-0.2, -0.15) is 11.8 Å². The molecule has 3 aliphatic rings. The van der Waals surface area contributed by atoms with Crippen LogP contribution in [0.15, 0.2) is 0 Å². The summed E-state index contributed by atoms with van der Waals surface area (Å²) in [5, 5.41) is 20.1. The summed E-state index contributed by atoms with van der Waals surface area (Å²) < 4.78 is 0. The van der Waals surface area contributed by atoms with Crippen molar-refractivity contribution in [3.63, 3.8) is 0 Å². The number of nitrogens with zero attached hydrogens (tertiary/aromatic N) is 1. The molecule has 3 saturated heterocycles. The molecule has 0 unspecified atom stereocenters. The first-order valence-corrected chi connectivity index (χ1v) is 14.6. The van der Waals surface area contributed by atoms with Crippen LogP contribution in [0.4, 0.5) is 4.79 Å². The van der Waals surface area contributed by atoms with E-state index in [0.717, 1.165) is 96.9 Å². The molecule has 9 nitrogen and oxygen atoms in total. The van der Waals surface area contributed by atoms with E-state index >= 15 is 0 Å². The van der Waals surface area contributed by atoms with E-state index in [1.165, 1.54) is 19.3 Å². The molecule has 3 heterocycles. The topological polar surface area (TPSA) is 110 Å². The van der Waals surface area contributed by atoms with Gasteiger partial charge in [-0.3, -0.25) is 4.79 Å². The molecule has 3 amide bonds. The van der Waals surface area contributed by atoms with Gasteiger partial charge >= 0.3 is 6.03 Å². The first-order valence-electron chi connectivity index (χ1n) is 13.5. The van der Waals surface area contributed by atoms with Crippen molar-refractivity contribution in [2.45, 2.75) is 68.7 Å². The summed E-state index contributed by atoms with van der Waals surface area (Å²) in [5.74, 6) is 1.18. The fourth-order valence-corrected chi connectivity index (χ4v) is 6.49. The summed E-state index contributed by atoms with van der Waals surface area (Å²) in [6, 6.07) is 0.528. The van der Waals surface area contributed by atoms with Crippen LogP contribution in [0.25, 0.3) is 0 Å². The van der Waals surface area contributed by atoms with Crippen LogP contribution in [0.1, 0.15) is 51.4 Å². The summed E-state index contributed by atoms with van der Waals surface area (Å²) in [6.45, 7) is 10.5. The van der Waals surface area contributed by atoms with E-state index in [9.17, 15) is 9.59 Å². The van der Waals surface area contributed by atoms with E-state index in [4.69, 9.17) is 0 Å². The summed E-state index contributed by atoms with van der Waals surface area (Å²) >= 11 is 1.94. The Kier molecular flexibility index (Phi) is 13.4. The van der Waals surface area contributed by atoms with Crippen LogP contribution in [0.2, 0.25) is 0 Å². The molecule has 0 spiro atoms. The van der Waals surface area contributed by atoms with Gasteiger partial charge in [0.15, 0.2) is 0 Å². The zero-order chi connectivity index (χ0) is 23.8. The minimum atomic E-state index is -0.0268. The Labute approximate surface area is 210 Å². The maximum absolute atomic E-state index is 12.1. The molecule has 3 atom stereocenters. The molecule has 6 N–H and O–H groups in total. The second kappa shape index (κ2) is 16.6. The number of rotatable bonds is 12. The number of urea groups is 1. The molecule has 0 aliphatic carbocycles. The zero-order valence-corrected chi connectivity index (χ0v) is 21.7. The lowest BCUT2D eigenvalue weighted by molar-refractivity contribution is -0.121. The molecule has 0 aromatic rings. The molecule has 0 bridgehead atoms. The minimum absolute atomic E-state index is 0.0268. The largest absolute Gasteiger partial charge is 0.356 e. The molecule has 0 aromatic heterocycles. The van der Waals surface area contributed by atoms with Crippen LogP contribution in [0, 0.1) is 0 Å². The Morgan fingerprint density at radius 2 is 1.59 bits per heavy atom. The first kappa shape index (κ1) is 27.5. The fraction of sp³-hybridized carbons (Fsp3) is 0.917. The number of amides is 3. The fourth-order valence-electron chi connectivity index (χ4n) is 4.94. The van der Waals surface area contributed by atoms with E-state index in [0.29, 0.717) is 11.7 Å². The molecular formula is C24H47N7O2S. The predicted octanol–water partition coefficient (Wildman–Crippen LogP) is 0.473. The third-order valence-electron chi connectivity index (χ3n) is 6.97. The highest BCUT2D eigenvalue weighted by molar-refractivity contribution is 8.00. The average Bonchev–Trinajstić information content (AvgIpc) is 3.36. The summed E-state index contributed by atoms with van der Waals surface area (Å²) in [7, 11) is 0. The number of nitrogens with one attached hydrogen (secondary N) is 6. The molecule has 3 fully saturated rings. The van der Waals surface area contributed by atoms with Gasteiger partial charge in [0.05, 0.1) is 12.1 Å². The monoisotopic (exact) mass is 497 g/mol. The van der Waals surface area contributed by atoms with Crippen molar-refractivity contribution in [1.82, 2.24) is 36.8 Å².